The number of carbonyl (C=O) groups excluding carboxylic acids is 4. The topological polar surface area (TPSA) is 229 Å². The van der Waals surface area contributed by atoms with E-state index < -0.39 is 120 Å². The van der Waals surface area contributed by atoms with E-state index in [1.165, 1.54) is 56.0 Å². The summed E-state index contributed by atoms with van der Waals surface area (Å²) in [5.41, 5.74) is -3.51. The fraction of sp³-hybridized carbons (Fsp3) is 0.750. The second-order valence-corrected chi connectivity index (χ2v) is 20.5. The zero-order valence-electron chi connectivity index (χ0n) is 42.1. The van der Waals surface area contributed by atoms with Gasteiger partial charge in [-0.25, -0.2) is 33.5 Å². The average molecular weight is 974 g/mol. The molecule has 0 unspecified atom stereocenters. The highest BCUT2D eigenvalue weighted by atomic mass is 16.8. The molecule has 5 aliphatic rings. The Kier molecular flexibility index (Phi) is 15.3. The SMILES string of the molecule is CO[C@]1(C)C[C@H](O[C@H]2[C@H](C)[C@@H](O[C@@H]3O[C@H](C)C[C@H](N(C)C(C)C)[C@H]3O)[C@@]3(C)CC(C)=C(O3)[C@@H](C)[C@@H](OC(=O)n3ccnc3)[C@]3(C)OC(=O)O[C@H](C)[C@H]3OC(=O)[C@@H]2C)O[C@@H](C)[C@@H]1OC(=O)n1ccnc1. The van der Waals surface area contributed by atoms with Crippen molar-refractivity contribution in [2.45, 2.75) is 199 Å². The van der Waals surface area contributed by atoms with Crippen LogP contribution < -0.4 is 0 Å². The lowest BCUT2D eigenvalue weighted by molar-refractivity contribution is -0.317. The van der Waals surface area contributed by atoms with Crippen molar-refractivity contribution in [3.05, 3.63) is 48.8 Å². The maximum Gasteiger partial charge on any atom is 0.509 e. The number of cyclic esters (lactones) is 1. The fourth-order valence-electron chi connectivity index (χ4n) is 11.0. The van der Waals surface area contributed by atoms with Gasteiger partial charge in [0.1, 0.15) is 47.9 Å². The van der Waals surface area contributed by atoms with Gasteiger partial charge in [0.25, 0.3) is 0 Å². The number of hydrogen-bond acceptors (Lipinski definition) is 19. The van der Waals surface area contributed by atoms with Crippen LogP contribution in [0.3, 0.4) is 0 Å². The van der Waals surface area contributed by atoms with Crippen molar-refractivity contribution in [2.24, 2.45) is 17.8 Å². The summed E-state index contributed by atoms with van der Waals surface area (Å²) >= 11 is 0. The van der Waals surface area contributed by atoms with Crippen molar-refractivity contribution in [1.29, 1.82) is 0 Å². The summed E-state index contributed by atoms with van der Waals surface area (Å²) in [4.78, 5) is 65.4. The molecule has 5 aliphatic heterocycles. The number of fused-ring (bicyclic) bond motifs is 3. The predicted molar refractivity (Wildman–Crippen MR) is 241 cm³/mol. The summed E-state index contributed by atoms with van der Waals surface area (Å²) in [5, 5.41) is 12.1. The van der Waals surface area contributed by atoms with Gasteiger partial charge in [0.05, 0.1) is 30.1 Å². The van der Waals surface area contributed by atoms with Crippen molar-refractivity contribution in [1.82, 2.24) is 24.0 Å². The van der Waals surface area contributed by atoms with E-state index in [-0.39, 0.29) is 31.0 Å². The van der Waals surface area contributed by atoms with E-state index in [4.69, 9.17) is 52.1 Å². The first-order valence-electron chi connectivity index (χ1n) is 23.8. The van der Waals surface area contributed by atoms with Gasteiger partial charge in [0.2, 0.25) is 0 Å². The lowest BCUT2D eigenvalue weighted by Gasteiger charge is -2.49. The zero-order valence-corrected chi connectivity index (χ0v) is 42.1. The Morgan fingerprint density at radius 1 is 0.855 bits per heavy atom. The third kappa shape index (κ3) is 10.3. The number of rotatable bonds is 9. The molecule has 0 saturated carbocycles. The molecule has 384 valence electrons. The molecule has 7 heterocycles. The average Bonchev–Trinajstić information content (AvgIpc) is 4.09. The first kappa shape index (κ1) is 52.2. The molecule has 18 atom stereocenters. The second-order valence-electron chi connectivity index (χ2n) is 20.5. The molecule has 2 aromatic rings. The van der Waals surface area contributed by atoms with Crippen LogP contribution in [0.1, 0.15) is 102 Å². The number of hydrogen-bond donors (Lipinski definition) is 1. The quantitative estimate of drug-likeness (QED) is 0.238. The van der Waals surface area contributed by atoms with Crippen molar-refractivity contribution in [3.8, 4) is 0 Å². The summed E-state index contributed by atoms with van der Waals surface area (Å²) in [6.45, 7) is 21.7. The monoisotopic (exact) mass is 973 g/mol. The summed E-state index contributed by atoms with van der Waals surface area (Å²) in [7, 11) is 3.46. The van der Waals surface area contributed by atoms with Crippen LogP contribution in [0.2, 0.25) is 0 Å². The lowest BCUT2D eigenvalue weighted by atomic mass is 9.78. The van der Waals surface area contributed by atoms with E-state index in [0.717, 1.165) is 10.1 Å². The Labute approximate surface area is 403 Å². The van der Waals surface area contributed by atoms with Gasteiger partial charge < -0.3 is 57.2 Å². The summed E-state index contributed by atoms with van der Waals surface area (Å²) in [5.74, 6) is -3.12. The van der Waals surface area contributed by atoms with Gasteiger partial charge in [-0.05, 0) is 88.3 Å². The molecule has 0 aliphatic carbocycles. The number of likely N-dealkylation sites (N-methyl/N-ethyl adjacent to an activating group) is 1. The van der Waals surface area contributed by atoms with Crippen molar-refractivity contribution in [2.75, 3.05) is 14.2 Å². The number of methoxy groups -OCH3 is 1. The first-order chi connectivity index (χ1) is 32.4. The van der Waals surface area contributed by atoms with E-state index in [1.807, 2.05) is 48.6 Å². The van der Waals surface area contributed by atoms with Crippen molar-refractivity contribution >= 4 is 24.3 Å². The number of aliphatic hydroxyl groups is 1. The Balaban J connectivity index is 1.32. The molecule has 2 aromatic heterocycles. The molecule has 0 aromatic carbocycles. The first-order valence-corrected chi connectivity index (χ1v) is 23.8. The normalized spacial score (nSPS) is 40.9. The lowest BCUT2D eigenvalue weighted by Crippen LogP contribution is -2.65. The molecule has 1 N–H and O–H groups in total. The van der Waals surface area contributed by atoms with Crippen LogP contribution in [-0.4, -0.2) is 164 Å². The van der Waals surface area contributed by atoms with Gasteiger partial charge in [-0.2, -0.15) is 0 Å². The van der Waals surface area contributed by atoms with Crippen LogP contribution in [0.15, 0.2) is 48.8 Å². The molecule has 4 saturated heterocycles. The summed E-state index contributed by atoms with van der Waals surface area (Å²) in [6.07, 6.45) is -4.59. The van der Waals surface area contributed by atoms with E-state index in [0.29, 0.717) is 12.2 Å². The van der Waals surface area contributed by atoms with Crippen LogP contribution in [0.5, 0.6) is 0 Å². The van der Waals surface area contributed by atoms with Crippen LogP contribution in [0.25, 0.3) is 0 Å². The third-order valence-corrected chi connectivity index (χ3v) is 15.0. The molecular formula is C48H71N5O16. The maximum absolute atomic E-state index is 15.0. The molecule has 21 nitrogen and oxygen atoms in total. The fourth-order valence-corrected chi connectivity index (χ4v) is 11.0. The summed E-state index contributed by atoms with van der Waals surface area (Å²) < 4.78 is 72.8. The van der Waals surface area contributed by atoms with E-state index >= 15 is 4.79 Å². The number of esters is 1. The third-order valence-electron chi connectivity index (χ3n) is 15.0. The minimum absolute atomic E-state index is 0.0407. The molecule has 21 heteroatoms. The number of aromatic nitrogens is 4. The highest BCUT2D eigenvalue weighted by Gasteiger charge is 2.62. The molecule has 7 rings (SSSR count). The molecule has 69 heavy (non-hydrogen) atoms. The minimum Gasteiger partial charge on any atom is -0.488 e. The Morgan fingerprint density at radius 2 is 1.48 bits per heavy atom. The number of nitrogens with zero attached hydrogens (tertiary/aromatic N) is 5. The molecule has 0 amide bonds. The second kappa shape index (κ2) is 20.2. The standard InChI is InChI=1S/C48H71N5O16/c1-24(2)51(13)32-19-26(4)60-42(34(32)54)65-37-28(6)36(63-33-21-46(10,59-14)39(30(8)61-33)67-44(57)53-18-16-50-23-53)29(7)41(55)64-40-31(9)62-45(58)69-48(40,12)38(66-43(56)52-17-15-49-22-52)27(5)35-25(3)20-47(37,11)68-35/h15-18,22-24,26-34,36-40,42,54H,19-21H2,1-14H3/t26-,27-,28+,29-,30+,31-,32+,33+,34-,36+,37-,38-,39+,40-,42+,46-,47-,48+/m1/s1. The molecule has 0 radical (unpaired) electrons. The Hall–Kier alpha value is -4.64. The number of carbonyl (C=O) groups is 4. The molecule has 2 bridgehead atoms. The largest absolute Gasteiger partial charge is 0.509 e. The maximum atomic E-state index is 15.0. The van der Waals surface area contributed by atoms with E-state index in [2.05, 4.69) is 14.9 Å². The van der Waals surface area contributed by atoms with E-state index in [1.54, 1.807) is 34.6 Å². The van der Waals surface area contributed by atoms with Crippen LogP contribution >= 0.6 is 0 Å². The van der Waals surface area contributed by atoms with Gasteiger partial charge in [0.15, 0.2) is 36.5 Å². The van der Waals surface area contributed by atoms with Gasteiger partial charge >= 0.3 is 24.3 Å². The van der Waals surface area contributed by atoms with Crippen molar-refractivity contribution in [3.63, 3.8) is 0 Å². The van der Waals surface area contributed by atoms with Crippen molar-refractivity contribution < 1.29 is 76.4 Å². The minimum atomic E-state index is -1.86. The van der Waals surface area contributed by atoms with Crippen LogP contribution in [0.4, 0.5) is 14.4 Å². The van der Waals surface area contributed by atoms with E-state index in [9.17, 15) is 19.5 Å². The highest BCUT2D eigenvalue weighted by molar-refractivity contribution is 5.74. The molecule has 4 fully saturated rings. The zero-order chi connectivity index (χ0) is 50.5. The smallest absolute Gasteiger partial charge is 0.488 e. The van der Waals surface area contributed by atoms with Gasteiger partial charge in [0, 0.05) is 62.7 Å². The Morgan fingerprint density at radius 3 is 2.06 bits per heavy atom. The molecule has 0 spiro atoms. The number of aliphatic hydroxyl groups excluding tert-OH is 1. The number of ether oxygens (including phenoxy) is 11. The van der Waals surface area contributed by atoms with Gasteiger partial charge in [-0.1, -0.05) is 13.8 Å². The van der Waals surface area contributed by atoms with Crippen LogP contribution in [0, 0.1) is 17.8 Å². The molecular weight excluding hydrogens is 903 g/mol. The highest BCUT2D eigenvalue weighted by Crippen LogP contribution is 2.49. The number of imidazole rings is 2. The van der Waals surface area contributed by atoms with Crippen LogP contribution in [-0.2, 0) is 56.9 Å². The van der Waals surface area contributed by atoms with Gasteiger partial charge in [-0.3, -0.25) is 9.69 Å². The predicted octanol–water partition coefficient (Wildman–Crippen LogP) is 5.60. The summed E-state index contributed by atoms with van der Waals surface area (Å²) in [6, 6.07) is -0.242. The Bertz CT molecular complexity index is 2170. The van der Waals surface area contributed by atoms with Gasteiger partial charge in [-0.15, -0.1) is 0 Å².